The van der Waals surface area contributed by atoms with Crippen LogP contribution >= 0.6 is 0 Å². The zero-order chi connectivity index (χ0) is 25.4. The Balaban J connectivity index is 0.000000473. The summed E-state index contributed by atoms with van der Waals surface area (Å²) in [4.78, 5) is -1.75. The van der Waals surface area contributed by atoms with Crippen molar-refractivity contribution in [2.24, 2.45) is 0 Å². The summed E-state index contributed by atoms with van der Waals surface area (Å²) in [5.41, 5.74) is 0. The van der Waals surface area contributed by atoms with Gasteiger partial charge in [-0.05, 0) is 24.3 Å². The van der Waals surface area contributed by atoms with Gasteiger partial charge in [0.25, 0.3) is 20.2 Å². The Morgan fingerprint density at radius 2 is 0.882 bits per heavy atom. The van der Waals surface area contributed by atoms with Crippen molar-refractivity contribution in [2.45, 2.75) is 14.7 Å². The predicted molar refractivity (Wildman–Crippen MR) is 107 cm³/mol. The van der Waals surface area contributed by atoms with Crippen LogP contribution in [0.4, 0.5) is 0 Å². The minimum atomic E-state index is -4.60. The Morgan fingerprint density at radius 1 is 0.559 bits per heavy atom. The van der Waals surface area contributed by atoms with E-state index in [1.165, 1.54) is 42.5 Å². The summed E-state index contributed by atoms with van der Waals surface area (Å²) in [5.74, 6) is -1.91. The Kier molecular flexibility index (Phi) is 11.7. The third-order valence-electron chi connectivity index (χ3n) is 3.39. The fourth-order valence-corrected chi connectivity index (χ4v) is 3.71. The summed E-state index contributed by atoms with van der Waals surface area (Å²) < 4.78 is 89.5. The van der Waals surface area contributed by atoms with Gasteiger partial charge in [-0.25, -0.2) is 8.42 Å². The van der Waals surface area contributed by atoms with Crippen molar-refractivity contribution in [3.05, 3.63) is 72.8 Å². The second-order valence-electron chi connectivity index (χ2n) is 5.77. The first-order chi connectivity index (χ1) is 15.0. The number of benzene rings is 3. The van der Waals surface area contributed by atoms with Gasteiger partial charge in [0.1, 0.15) is 20.8 Å². The van der Waals surface area contributed by atoms with Crippen LogP contribution in [0.2, 0.25) is 0 Å². The monoisotopic (exact) mass is 577 g/mol. The Hall–Kier alpha value is -2.72. The van der Waals surface area contributed by atoms with Crippen LogP contribution in [-0.2, 0) is 46.8 Å². The van der Waals surface area contributed by atoms with E-state index in [1.54, 1.807) is 0 Å². The second kappa shape index (κ2) is 12.7. The van der Waals surface area contributed by atoms with Crippen LogP contribution in [0.3, 0.4) is 0 Å². The van der Waals surface area contributed by atoms with Gasteiger partial charge in [-0.3, -0.25) is 9.11 Å². The van der Waals surface area contributed by atoms with E-state index < -0.39 is 62.3 Å². The summed E-state index contributed by atoms with van der Waals surface area (Å²) >= 11 is 0. The van der Waals surface area contributed by atoms with E-state index in [4.69, 9.17) is 14.2 Å². The SMILES string of the molecule is O=S(=O)(O)c1ccccc1O.O=S(=O)(O)c1ccccc1[O-].O=S(=O)([O-])c1ccccc1[O-].[Ni+3]. The standard InChI is InChI=1S/3C6H6O4S.Ni/c3*7-5-3-1-2-4-6(5)11(8,9)10;/h3*1-4,7H,(H,8,9,10);/q;;;+3/p-3. The number of rotatable bonds is 3. The van der Waals surface area contributed by atoms with Gasteiger partial charge in [0.05, 0.1) is 4.90 Å². The van der Waals surface area contributed by atoms with Crippen LogP contribution in [-0.4, -0.2) is 44.0 Å². The molecule has 0 aliphatic carbocycles. The second-order valence-corrected chi connectivity index (χ2v) is 9.89. The van der Waals surface area contributed by atoms with Gasteiger partial charge in [0.2, 0.25) is 0 Å². The molecule has 34 heavy (non-hydrogen) atoms. The maximum atomic E-state index is 10.7. The minimum Gasteiger partial charge on any atom is -0.872 e. The Morgan fingerprint density at radius 3 is 1.12 bits per heavy atom. The van der Waals surface area contributed by atoms with Crippen molar-refractivity contribution in [3.8, 4) is 17.2 Å². The van der Waals surface area contributed by atoms with Crippen molar-refractivity contribution < 1.29 is 70.7 Å². The first kappa shape index (κ1) is 31.3. The van der Waals surface area contributed by atoms with Gasteiger partial charge in [-0.2, -0.15) is 16.8 Å². The number of hydrogen-bond donors (Lipinski definition) is 3. The molecule has 3 aromatic carbocycles. The molecule has 0 aromatic heterocycles. The van der Waals surface area contributed by atoms with Crippen molar-refractivity contribution >= 4 is 30.4 Å². The summed E-state index contributed by atoms with van der Waals surface area (Å²) in [5, 5.41) is 30.3. The Bertz CT molecular complexity index is 1250. The number of phenolic OH excluding ortho intramolecular Hbond substituents is 1. The minimum absolute atomic E-state index is 0. The molecule has 0 amide bonds. The molecule has 12 nitrogen and oxygen atoms in total. The molecular weight excluding hydrogens is 563 g/mol. The summed E-state index contributed by atoms with van der Waals surface area (Å²) in [6.07, 6.45) is 0. The molecule has 0 atom stereocenters. The first-order valence-electron chi connectivity index (χ1n) is 8.26. The summed E-state index contributed by atoms with van der Waals surface area (Å²) in [6.45, 7) is 0. The molecule has 0 aliphatic rings. The fourth-order valence-electron chi connectivity index (χ4n) is 2.00. The number of aromatic hydroxyl groups is 1. The number of hydrogen-bond acceptors (Lipinski definition) is 10. The quantitative estimate of drug-likeness (QED) is 0.282. The van der Waals surface area contributed by atoms with Crippen molar-refractivity contribution in [2.75, 3.05) is 0 Å². The largest absolute Gasteiger partial charge is 3.00 e. The molecule has 16 heteroatoms. The van der Waals surface area contributed by atoms with E-state index in [0.717, 1.165) is 30.3 Å². The smallest absolute Gasteiger partial charge is 0.872 e. The molecule has 3 rings (SSSR count). The van der Waals surface area contributed by atoms with Crippen LogP contribution in [0.15, 0.2) is 87.5 Å². The molecule has 3 aromatic rings. The molecular formula is C18H15NiO12S3. The normalized spacial score (nSPS) is 11.0. The van der Waals surface area contributed by atoms with Gasteiger partial charge >= 0.3 is 16.5 Å². The molecule has 0 bridgehead atoms. The molecule has 0 spiro atoms. The van der Waals surface area contributed by atoms with E-state index in [0.29, 0.717) is 0 Å². The maximum Gasteiger partial charge on any atom is 3.00 e. The average molecular weight is 578 g/mol. The maximum absolute atomic E-state index is 10.7. The molecule has 3 N–H and O–H groups in total. The molecule has 0 unspecified atom stereocenters. The van der Waals surface area contributed by atoms with Gasteiger partial charge < -0.3 is 19.9 Å². The number of phenols is 1. The summed E-state index contributed by atoms with van der Waals surface area (Å²) in [6, 6.07) is 14.8. The van der Waals surface area contributed by atoms with Crippen molar-refractivity contribution in [1.82, 2.24) is 0 Å². The van der Waals surface area contributed by atoms with E-state index in [1.807, 2.05) is 0 Å². The third-order valence-corrected chi connectivity index (χ3v) is 6.06. The van der Waals surface area contributed by atoms with Crippen LogP contribution in [0.1, 0.15) is 0 Å². The zero-order valence-electron chi connectivity index (χ0n) is 16.5. The van der Waals surface area contributed by atoms with Gasteiger partial charge in [0.15, 0.2) is 0 Å². The van der Waals surface area contributed by atoms with E-state index in [2.05, 4.69) is 0 Å². The van der Waals surface area contributed by atoms with E-state index in [9.17, 15) is 40.0 Å². The van der Waals surface area contributed by atoms with Crippen LogP contribution < -0.4 is 10.2 Å². The molecule has 0 saturated heterocycles. The zero-order valence-corrected chi connectivity index (χ0v) is 19.9. The van der Waals surface area contributed by atoms with Gasteiger partial charge in [-0.1, -0.05) is 60.0 Å². The molecule has 0 heterocycles. The van der Waals surface area contributed by atoms with Gasteiger partial charge in [-0.15, -0.1) is 0 Å². The van der Waals surface area contributed by atoms with E-state index in [-0.39, 0.29) is 16.5 Å². The average Bonchev–Trinajstić information content (AvgIpc) is 2.67. The Labute approximate surface area is 205 Å². The topological polar surface area (TPSA) is 232 Å². The van der Waals surface area contributed by atoms with Crippen LogP contribution in [0, 0.1) is 0 Å². The van der Waals surface area contributed by atoms with Crippen molar-refractivity contribution in [1.29, 1.82) is 0 Å². The molecule has 1 radical (unpaired) electrons. The van der Waals surface area contributed by atoms with E-state index >= 15 is 0 Å². The number of para-hydroxylation sites is 3. The predicted octanol–water partition coefficient (Wildman–Crippen LogP) is 0.308. The summed E-state index contributed by atoms with van der Waals surface area (Å²) in [7, 11) is -13.2. The van der Waals surface area contributed by atoms with Crippen LogP contribution in [0.5, 0.6) is 17.2 Å². The van der Waals surface area contributed by atoms with Crippen LogP contribution in [0.25, 0.3) is 0 Å². The van der Waals surface area contributed by atoms with Gasteiger partial charge in [0, 0.05) is 4.90 Å². The molecule has 187 valence electrons. The third kappa shape index (κ3) is 10.0. The van der Waals surface area contributed by atoms with Crippen molar-refractivity contribution in [3.63, 3.8) is 0 Å². The first-order valence-corrected chi connectivity index (χ1v) is 12.5. The molecule has 0 fully saturated rings. The molecule has 0 aliphatic heterocycles. The fraction of sp³-hybridized carbons (Fsp3) is 0. The molecule has 0 saturated carbocycles.